The number of thiazole rings is 1. The molecule has 0 spiro atoms. The van der Waals surface area contributed by atoms with Gasteiger partial charge in [0.2, 0.25) is 0 Å². The molecule has 0 radical (unpaired) electrons. The van der Waals surface area contributed by atoms with Crippen LogP contribution in [0.4, 0.5) is 0 Å². The molecule has 11 heavy (non-hydrogen) atoms. The van der Waals surface area contributed by atoms with Gasteiger partial charge in [-0.2, -0.15) is 0 Å². The van der Waals surface area contributed by atoms with E-state index in [-0.39, 0.29) is 4.87 Å². The quantitative estimate of drug-likeness (QED) is 0.606. The first-order chi connectivity index (χ1) is 5.27. The number of aliphatic hydroxyl groups excluding tert-OH is 1. The Balaban J connectivity index is 2.62. The van der Waals surface area contributed by atoms with Gasteiger partial charge in [-0.1, -0.05) is 17.4 Å². The molecule has 1 aliphatic carbocycles. The lowest BCUT2D eigenvalue weighted by Gasteiger charge is -2.10. The van der Waals surface area contributed by atoms with E-state index >= 15 is 0 Å². The average Bonchev–Trinajstić information content (AvgIpc) is 2.31. The lowest BCUT2D eigenvalue weighted by atomic mass is 10.1. The monoisotopic (exact) mass is 169 g/mol. The Morgan fingerprint density at radius 1 is 1.73 bits per heavy atom. The zero-order valence-electron chi connectivity index (χ0n) is 5.70. The van der Waals surface area contributed by atoms with Crippen molar-refractivity contribution in [3.05, 3.63) is 26.3 Å². The maximum atomic E-state index is 10.8. The maximum Gasteiger partial charge on any atom is 0.305 e. The number of fused-ring (bicyclic) bond motifs is 1. The van der Waals surface area contributed by atoms with Gasteiger partial charge in [0, 0.05) is 0 Å². The third kappa shape index (κ3) is 1.04. The summed E-state index contributed by atoms with van der Waals surface area (Å²) in [6, 6.07) is 0. The summed E-state index contributed by atoms with van der Waals surface area (Å²) in [5, 5.41) is 9.36. The first-order valence-electron chi connectivity index (χ1n) is 3.35. The van der Waals surface area contributed by atoms with Crippen LogP contribution in [0.15, 0.2) is 10.9 Å². The van der Waals surface area contributed by atoms with E-state index in [0.717, 1.165) is 16.2 Å². The second kappa shape index (κ2) is 2.32. The average molecular weight is 169 g/mol. The van der Waals surface area contributed by atoms with Crippen molar-refractivity contribution in [2.45, 2.75) is 12.5 Å². The van der Waals surface area contributed by atoms with Gasteiger partial charge in [-0.15, -0.1) is 0 Å². The standard InChI is InChI=1S/C7H7NO2S/c9-4-2-1-3-5-6(4)8-7(10)11-5/h1,3-4,9H,2H2,(H,8,10). The molecular weight excluding hydrogens is 162 g/mol. The van der Waals surface area contributed by atoms with Crippen LogP contribution in [0.3, 0.4) is 0 Å². The van der Waals surface area contributed by atoms with Crippen molar-refractivity contribution in [3.8, 4) is 0 Å². The number of nitrogens with one attached hydrogen (secondary N) is 1. The van der Waals surface area contributed by atoms with Gasteiger partial charge >= 0.3 is 4.87 Å². The molecule has 0 aromatic carbocycles. The predicted octanol–water partition coefficient (Wildman–Crippen LogP) is 0.887. The molecule has 0 saturated heterocycles. The van der Waals surface area contributed by atoms with Crippen molar-refractivity contribution in [2.75, 3.05) is 0 Å². The van der Waals surface area contributed by atoms with Crippen LogP contribution in [-0.4, -0.2) is 10.1 Å². The fraction of sp³-hybridized carbons (Fsp3) is 0.286. The van der Waals surface area contributed by atoms with Crippen molar-refractivity contribution in [1.82, 2.24) is 4.98 Å². The molecule has 0 saturated carbocycles. The highest BCUT2D eigenvalue weighted by molar-refractivity contribution is 7.10. The Morgan fingerprint density at radius 3 is 3.27 bits per heavy atom. The van der Waals surface area contributed by atoms with Crippen LogP contribution in [0.5, 0.6) is 0 Å². The predicted molar refractivity (Wildman–Crippen MR) is 43.6 cm³/mol. The summed E-state index contributed by atoms with van der Waals surface area (Å²) >= 11 is 1.14. The molecule has 1 aromatic rings. The van der Waals surface area contributed by atoms with Crippen LogP contribution in [0, 0.1) is 0 Å². The molecule has 0 fully saturated rings. The number of aromatic amines is 1. The van der Waals surface area contributed by atoms with Crippen molar-refractivity contribution >= 4 is 17.4 Å². The van der Waals surface area contributed by atoms with E-state index in [1.54, 1.807) is 0 Å². The first kappa shape index (κ1) is 6.82. The van der Waals surface area contributed by atoms with Gasteiger partial charge in [0.25, 0.3) is 0 Å². The van der Waals surface area contributed by atoms with Crippen molar-refractivity contribution < 1.29 is 5.11 Å². The van der Waals surface area contributed by atoms with E-state index < -0.39 is 6.10 Å². The fourth-order valence-corrected chi connectivity index (χ4v) is 1.97. The summed E-state index contributed by atoms with van der Waals surface area (Å²) in [6.45, 7) is 0. The molecule has 2 rings (SSSR count). The van der Waals surface area contributed by atoms with E-state index in [2.05, 4.69) is 4.98 Å². The Kier molecular flexibility index (Phi) is 1.44. The van der Waals surface area contributed by atoms with E-state index in [4.69, 9.17) is 0 Å². The van der Waals surface area contributed by atoms with Crippen LogP contribution >= 0.6 is 11.3 Å². The molecule has 58 valence electrons. The van der Waals surface area contributed by atoms with Gasteiger partial charge in [-0.05, 0) is 12.5 Å². The molecule has 2 N–H and O–H groups in total. The van der Waals surface area contributed by atoms with Crippen molar-refractivity contribution in [3.63, 3.8) is 0 Å². The highest BCUT2D eigenvalue weighted by Crippen LogP contribution is 2.26. The number of H-pyrrole nitrogens is 1. The molecule has 4 heteroatoms. The molecule has 1 unspecified atom stereocenters. The van der Waals surface area contributed by atoms with Gasteiger partial charge < -0.3 is 10.1 Å². The largest absolute Gasteiger partial charge is 0.387 e. The molecule has 1 aromatic heterocycles. The minimum absolute atomic E-state index is 0.0967. The minimum Gasteiger partial charge on any atom is -0.387 e. The van der Waals surface area contributed by atoms with Gasteiger partial charge in [-0.25, -0.2) is 0 Å². The van der Waals surface area contributed by atoms with Gasteiger partial charge in [0.05, 0.1) is 16.7 Å². The molecule has 0 bridgehead atoms. The lowest BCUT2D eigenvalue weighted by molar-refractivity contribution is 0.176. The number of rotatable bonds is 0. The highest BCUT2D eigenvalue weighted by Gasteiger charge is 2.16. The molecule has 0 amide bonds. The SMILES string of the molecule is O=c1[nH]c2c(s1)C=CCC2O. The van der Waals surface area contributed by atoms with E-state index in [9.17, 15) is 9.90 Å². The van der Waals surface area contributed by atoms with E-state index in [0.29, 0.717) is 12.1 Å². The van der Waals surface area contributed by atoms with Gasteiger partial charge in [0.1, 0.15) is 0 Å². The summed E-state index contributed by atoms with van der Waals surface area (Å²) in [5.41, 5.74) is 0.669. The molecule has 3 nitrogen and oxygen atoms in total. The third-order valence-corrected chi connectivity index (χ3v) is 2.53. The summed E-state index contributed by atoms with van der Waals surface area (Å²) in [7, 11) is 0. The normalized spacial score (nSPS) is 21.7. The first-order valence-corrected chi connectivity index (χ1v) is 4.16. The topological polar surface area (TPSA) is 53.1 Å². The molecule has 1 heterocycles. The summed E-state index contributed by atoms with van der Waals surface area (Å²) in [4.78, 5) is 14.2. The Morgan fingerprint density at radius 2 is 2.55 bits per heavy atom. The van der Waals surface area contributed by atoms with Crippen molar-refractivity contribution in [2.24, 2.45) is 0 Å². The van der Waals surface area contributed by atoms with Crippen LogP contribution in [-0.2, 0) is 0 Å². The molecule has 1 atom stereocenters. The highest BCUT2D eigenvalue weighted by atomic mass is 32.1. The second-order valence-electron chi connectivity index (χ2n) is 2.45. The zero-order valence-corrected chi connectivity index (χ0v) is 6.52. The van der Waals surface area contributed by atoms with Crippen LogP contribution in [0.25, 0.3) is 6.08 Å². The summed E-state index contributed by atoms with van der Waals surface area (Å²) < 4.78 is 0. The Labute approximate surface area is 67.0 Å². The van der Waals surface area contributed by atoms with Crippen LogP contribution in [0.1, 0.15) is 23.1 Å². The second-order valence-corrected chi connectivity index (χ2v) is 3.46. The van der Waals surface area contributed by atoms with Crippen molar-refractivity contribution in [1.29, 1.82) is 0 Å². The minimum atomic E-state index is -0.519. The molecule has 0 aliphatic heterocycles. The number of aliphatic hydroxyl groups is 1. The Hall–Kier alpha value is -0.870. The molecule has 1 aliphatic rings. The Bertz CT molecular complexity index is 350. The van der Waals surface area contributed by atoms with Gasteiger partial charge in [0.15, 0.2) is 0 Å². The lowest BCUT2D eigenvalue weighted by Crippen LogP contribution is -2.03. The van der Waals surface area contributed by atoms with E-state index in [1.807, 2.05) is 12.2 Å². The number of hydrogen-bond acceptors (Lipinski definition) is 3. The number of hydrogen-bond donors (Lipinski definition) is 2. The van der Waals surface area contributed by atoms with Crippen LogP contribution in [0.2, 0.25) is 0 Å². The maximum absolute atomic E-state index is 10.8. The van der Waals surface area contributed by atoms with Crippen LogP contribution < -0.4 is 4.87 Å². The van der Waals surface area contributed by atoms with Gasteiger partial charge in [-0.3, -0.25) is 4.79 Å². The summed E-state index contributed by atoms with van der Waals surface area (Å²) in [5.74, 6) is 0. The third-order valence-electron chi connectivity index (χ3n) is 1.67. The zero-order chi connectivity index (χ0) is 7.84. The summed E-state index contributed by atoms with van der Waals surface area (Å²) in [6.07, 6.45) is 3.81. The molecular formula is C7H7NO2S. The number of aromatic nitrogens is 1. The fourth-order valence-electron chi connectivity index (χ4n) is 1.15. The smallest absolute Gasteiger partial charge is 0.305 e. The van der Waals surface area contributed by atoms with E-state index in [1.165, 1.54) is 0 Å².